The zero-order valence-corrected chi connectivity index (χ0v) is 12.5. The van der Waals surface area contributed by atoms with Crippen molar-refractivity contribution in [3.05, 3.63) is 29.1 Å². The fourth-order valence-electron chi connectivity index (χ4n) is 2.14. The average molecular weight is 326 g/mol. The lowest BCUT2D eigenvalue weighted by Gasteiger charge is -2.16. The summed E-state index contributed by atoms with van der Waals surface area (Å²) in [5.74, 6) is -0.320. The van der Waals surface area contributed by atoms with Crippen molar-refractivity contribution in [3.63, 3.8) is 0 Å². The SMILES string of the molecule is Cc1c(NC(C)c2ncn[nH]2)nn2c(C(F)(F)F)nnc2c1C. The molecule has 0 spiro atoms. The van der Waals surface area contributed by atoms with E-state index >= 15 is 0 Å². The van der Waals surface area contributed by atoms with Gasteiger partial charge in [-0.2, -0.15) is 22.8 Å². The van der Waals surface area contributed by atoms with Gasteiger partial charge in [0.2, 0.25) is 0 Å². The van der Waals surface area contributed by atoms with E-state index in [2.05, 4.69) is 35.8 Å². The van der Waals surface area contributed by atoms with E-state index in [0.717, 1.165) is 0 Å². The van der Waals surface area contributed by atoms with E-state index in [0.29, 0.717) is 27.3 Å². The number of nitrogens with zero attached hydrogens (tertiary/aromatic N) is 6. The first kappa shape index (κ1) is 15.2. The molecule has 1 unspecified atom stereocenters. The molecule has 0 aliphatic carbocycles. The lowest BCUT2D eigenvalue weighted by atomic mass is 10.1. The Labute approximate surface area is 128 Å². The Balaban J connectivity index is 2.08. The molecule has 0 saturated carbocycles. The highest BCUT2D eigenvalue weighted by atomic mass is 19.4. The van der Waals surface area contributed by atoms with E-state index in [1.54, 1.807) is 20.8 Å². The third-order valence-electron chi connectivity index (χ3n) is 3.54. The largest absolute Gasteiger partial charge is 0.453 e. The summed E-state index contributed by atoms with van der Waals surface area (Å²) in [5.41, 5.74) is 1.33. The molecule has 0 aliphatic heterocycles. The maximum atomic E-state index is 13.0. The van der Waals surface area contributed by atoms with Crippen LogP contribution in [0, 0.1) is 13.8 Å². The zero-order valence-electron chi connectivity index (χ0n) is 12.5. The molecule has 11 heteroatoms. The normalized spacial score (nSPS) is 13.5. The highest BCUT2D eigenvalue weighted by Crippen LogP contribution is 2.30. The quantitative estimate of drug-likeness (QED) is 0.764. The van der Waals surface area contributed by atoms with Crippen LogP contribution in [0.1, 0.15) is 35.7 Å². The Hall–Kier alpha value is -2.72. The van der Waals surface area contributed by atoms with E-state index in [-0.39, 0.29) is 11.7 Å². The molecule has 3 aromatic heterocycles. The number of nitrogens with one attached hydrogen (secondary N) is 2. The number of rotatable bonds is 3. The maximum absolute atomic E-state index is 13.0. The number of anilines is 1. The van der Waals surface area contributed by atoms with Gasteiger partial charge in [0.05, 0.1) is 6.04 Å². The molecule has 0 fully saturated rings. The second-order valence-corrected chi connectivity index (χ2v) is 5.09. The van der Waals surface area contributed by atoms with E-state index < -0.39 is 12.0 Å². The zero-order chi connectivity index (χ0) is 16.8. The molecule has 0 saturated heterocycles. The van der Waals surface area contributed by atoms with Crippen molar-refractivity contribution < 1.29 is 13.2 Å². The molecule has 3 heterocycles. The summed E-state index contributed by atoms with van der Waals surface area (Å²) in [6.07, 6.45) is -3.29. The number of alkyl halides is 3. The van der Waals surface area contributed by atoms with E-state index in [1.807, 2.05) is 0 Å². The second kappa shape index (κ2) is 5.18. The fraction of sp³-hybridized carbons (Fsp3) is 0.417. The van der Waals surface area contributed by atoms with Gasteiger partial charge in [-0.15, -0.1) is 15.3 Å². The lowest BCUT2D eigenvalue weighted by Crippen LogP contribution is -2.16. The van der Waals surface area contributed by atoms with Gasteiger partial charge in [0.15, 0.2) is 11.5 Å². The number of halogens is 3. The van der Waals surface area contributed by atoms with Crippen LogP contribution < -0.4 is 5.32 Å². The molecule has 3 rings (SSSR count). The van der Waals surface area contributed by atoms with Crippen molar-refractivity contribution in [2.45, 2.75) is 33.0 Å². The predicted molar refractivity (Wildman–Crippen MR) is 73.7 cm³/mol. The van der Waals surface area contributed by atoms with E-state index in [9.17, 15) is 13.2 Å². The fourth-order valence-corrected chi connectivity index (χ4v) is 2.14. The van der Waals surface area contributed by atoms with E-state index in [1.165, 1.54) is 6.33 Å². The molecule has 8 nitrogen and oxygen atoms in total. The first-order valence-electron chi connectivity index (χ1n) is 6.70. The minimum Gasteiger partial charge on any atom is -0.359 e. The Morgan fingerprint density at radius 3 is 2.57 bits per heavy atom. The van der Waals surface area contributed by atoms with Crippen LogP contribution in [0.25, 0.3) is 5.65 Å². The minimum absolute atomic E-state index is 0.0766. The van der Waals surface area contributed by atoms with Crippen LogP contribution >= 0.6 is 0 Å². The number of hydrogen-bond donors (Lipinski definition) is 2. The van der Waals surface area contributed by atoms with Crippen LogP contribution in [0.3, 0.4) is 0 Å². The molecule has 0 amide bonds. The Kier molecular flexibility index (Phi) is 3.42. The highest BCUT2D eigenvalue weighted by Gasteiger charge is 2.38. The Morgan fingerprint density at radius 1 is 1.22 bits per heavy atom. The summed E-state index contributed by atoms with van der Waals surface area (Å²) in [7, 11) is 0. The van der Waals surface area contributed by atoms with Gasteiger partial charge < -0.3 is 5.32 Å². The van der Waals surface area contributed by atoms with Gasteiger partial charge in [0, 0.05) is 5.56 Å². The smallest absolute Gasteiger partial charge is 0.359 e. The van der Waals surface area contributed by atoms with E-state index in [4.69, 9.17) is 0 Å². The molecule has 0 aromatic carbocycles. The Bertz CT molecular complexity index is 836. The molecule has 2 N–H and O–H groups in total. The maximum Gasteiger partial charge on any atom is 0.453 e. The van der Waals surface area contributed by atoms with Crippen LogP contribution in [-0.4, -0.2) is 35.0 Å². The first-order chi connectivity index (χ1) is 10.8. The second-order valence-electron chi connectivity index (χ2n) is 5.09. The van der Waals surface area contributed by atoms with Gasteiger partial charge in [-0.3, -0.25) is 5.10 Å². The number of fused-ring (bicyclic) bond motifs is 1. The van der Waals surface area contributed by atoms with Gasteiger partial charge in [0.1, 0.15) is 12.2 Å². The molecule has 122 valence electrons. The summed E-state index contributed by atoms with van der Waals surface area (Å²) >= 11 is 0. The number of aromatic nitrogens is 7. The van der Waals surface area contributed by atoms with Crippen LogP contribution in [0.15, 0.2) is 6.33 Å². The van der Waals surface area contributed by atoms with Gasteiger partial charge in [-0.05, 0) is 26.3 Å². The molecule has 3 aromatic rings. The topological polar surface area (TPSA) is 96.7 Å². The van der Waals surface area contributed by atoms with Crippen molar-refractivity contribution in [2.24, 2.45) is 0 Å². The number of aromatic amines is 1. The van der Waals surface area contributed by atoms with Crippen molar-refractivity contribution in [1.82, 2.24) is 35.0 Å². The molecule has 0 radical (unpaired) electrons. The lowest BCUT2D eigenvalue weighted by molar-refractivity contribution is -0.146. The summed E-state index contributed by atoms with van der Waals surface area (Å²) < 4.78 is 39.7. The van der Waals surface area contributed by atoms with Crippen molar-refractivity contribution in [2.75, 3.05) is 5.32 Å². The third-order valence-corrected chi connectivity index (χ3v) is 3.54. The summed E-state index contributed by atoms with van der Waals surface area (Å²) in [6.45, 7) is 5.21. The predicted octanol–water partition coefficient (Wildman–Crippen LogP) is 2.05. The van der Waals surface area contributed by atoms with Gasteiger partial charge in [-0.1, -0.05) is 0 Å². The Morgan fingerprint density at radius 2 is 1.96 bits per heavy atom. The molecular weight excluding hydrogens is 313 g/mol. The molecule has 23 heavy (non-hydrogen) atoms. The van der Waals surface area contributed by atoms with Crippen LogP contribution in [0.4, 0.5) is 19.0 Å². The van der Waals surface area contributed by atoms with Crippen molar-refractivity contribution in [3.8, 4) is 0 Å². The van der Waals surface area contributed by atoms with Gasteiger partial charge >= 0.3 is 6.18 Å². The van der Waals surface area contributed by atoms with Crippen molar-refractivity contribution in [1.29, 1.82) is 0 Å². The number of H-pyrrole nitrogens is 1. The molecule has 0 bridgehead atoms. The standard InChI is InChI=1S/C12H13F3N8/c1-5-6(2)10-20-21-11(12(13,14)15)23(10)22-8(5)18-7(3)9-16-4-17-19-9/h4,7H,1-3H3,(H,18,22)(H,16,17,19). The van der Waals surface area contributed by atoms with Gasteiger partial charge in [0.25, 0.3) is 5.82 Å². The summed E-state index contributed by atoms with van der Waals surface area (Å²) in [4.78, 5) is 4.01. The third kappa shape index (κ3) is 2.58. The molecule has 1 atom stereocenters. The monoisotopic (exact) mass is 326 g/mol. The minimum atomic E-state index is -4.64. The highest BCUT2D eigenvalue weighted by molar-refractivity contribution is 5.58. The summed E-state index contributed by atoms with van der Waals surface area (Å²) in [6, 6.07) is -0.314. The molecule has 0 aliphatic rings. The van der Waals surface area contributed by atoms with Gasteiger partial charge in [-0.25, -0.2) is 4.98 Å². The first-order valence-corrected chi connectivity index (χ1v) is 6.70. The summed E-state index contributed by atoms with van der Waals surface area (Å²) in [5, 5.41) is 20.3. The van der Waals surface area contributed by atoms with Crippen LogP contribution in [0.5, 0.6) is 0 Å². The van der Waals surface area contributed by atoms with Crippen LogP contribution in [0.2, 0.25) is 0 Å². The molecular formula is C12H13F3N8. The number of hydrogen-bond acceptors (Lipinski definition) is 6. The van der Waals surface area contributed by atoms with Crippen molar-refractivity contribution >= 4 is 11.5 Å². The number of aryl methyl sites for hydroxylation is 1. The average Bonchev–Trinajstić information content (AvgIpc) is 3.12. The van der Waals surface area contributed by atoms with Crippen LogP contribution in [-0.2, 0) is 6.18 Å².